The van der Waals surface area contributed by atoms with E-state index in [1.54, 1.807) is 0 Å². The molecule has 0 saturated carbocycles. The maximum absolute atomic E-state index is 12.3. The highest BCUT2D eigenvalue weighted by atomic mass is 16.2. The Bertz CT molecular complexity index is 397. The van der Waals surface area contributed by atoms with Crippen molar-refractivity contribution in [1.29, 1.82) is 0 Å². The van der Waals surface area contributed by atoms with Crippen molar-refractivity contribution in [3.63, 3.8) is 0 Å². The molecule has 0 radical (unpaired) electrons. The number of benzene rings is 1. The predicted molar refractivity (Wildman–Crippen MR) is 69.2 cm³/mol. The molecule has 1 amide bonds. The van der Waals surface area contributed by atoms with E-state index in [4.69, 9.17) is 0 Å². The van der Waals surface area contributed by atoms with Crippen molar-refractivity contribution < 1.29 is 4.79 Å². The molecule has 2 rings (SSSR count). The van der Waals surface area contributed by atoms with Crippen LogP contribution in [0.1, 0.15) is 28.8 Å². The largest absolute Gasteiger partial charge is 0.339 e. The van der Waals surface area contributed by atoms with Gasteiger partial charge in [-0.1, -0.05) is 17.7 Å². The minimum absolute atomic E-state index is 0.139. The number of hydrogen-bond donors (Lipinski definition) is 1. The van der Waals surface area contributed by atoms with Crippen LogP contribution in [0.15, 0.2) is 24.3 Å². The van der Waals surface area contributed by atoms with Crippen LogP contribution in [-0.4, -0.2) is 37.0 Å². The SMILES string of the molecule is Cc1cccc(C(=O)N(C)C2CCNCC2)c1. The van der Waals surface area contributed by atoms with Gasteiger partial charge in [-0.2, -0.15) is 0 Å². The molecule has 0 aliphatic carbocycles. The number of carbonyl (C=O) groups excluding carboxylic acids is 1. The van der Waals surface area contributed by atoms with E-state index in [2.05, 4.69) is 5.32 Å². The lowest BCUT2D eigenvalue weighted by molar-refractivity contribution is 0.0703. The standard InChI is InChI=1S/C14H20N2O/c1-11-4-3-5-12(10-11)14(17)16(2)13-6-8-15-9-7-13/h3-5,10,13,15H,6-9H2,1-2H3. The van der Waals surface area contributed by atoms with Gasteiger partial charge in [0.15, 0.2) is 0 Å². The van der Waals surface area contributed by atoms with Crippen molar-refractivity contribution in [2.24, 2.45) is 0 Å². The van der Waals surface area contributed by atoms with Gasteiger partial charge in [-0.05, 0) is 45.0 Å². The molecule has 3 nitrogen and oxygen atoms in total. The van der Waals surface area contributed by atoms with Gasteiger partial charge in [-0.3, -0.25) is 4.79 Å². The first kappa shape index (κ1) is 12.1. The molecule has 0 unspecified atom stereocenters. The van der Waals surface area contributed by atoms with Crippen molar-refractivity contribution in [2.45, 2.75) is 25.8 Å². The van der Waals surface area contributed by atoms with Gasteiger partial charge in [0.25, 0.3) is 5.91 Å². The Morgan fingerprint density at radius 3 is 2.71 bits per heavy atom. The Morgan fingerprint density at radius 1 is 1.35 bits per heavy atom. The number of carbonyl (C=O) groups is 1. The molecule has 0 atom stereocenters. The van der Waals surface area contributed by atoms with E-state index in [1.165, 1.54) is 0 Å². The molecule has 0 aromatic heterocycles. The van der Waals surface area contributed by atoms with E-state index in [-0.39, 0.29) is 5.91 Å². The summed E-state index contributed by atoms with van der Waals surface area (Å²) >= 11 is 0. The molecule has 92 valence electrons. The molecule has 1 aliphatic heterocycles. The second kappa shape index (κ2) is 5.32. The average Bonchev–Trinajstić information content (AvgIpc) is 2.38. The van der Waals surface area contributed by atoms with Crippen molar-refractivity contribution >= 4 is 5.91 Å². The third kappa shape index (κ3) is 2.86. The summed E-state index contributed by atoms with van der Waals surface area (Å²) in [6, 6.07) is 8.19. The first-order valence-corrected chi connectivity index (χ1v) is 6.23. The maximum atomic E-state index is 12.3. The molecule has 0 spiro atoms. The van der Waals surface area contributed by atoms with Crippen LogP contribution in [-0.2, 0) is 0 Å². The quantitative estimate of drug-likeness (QED) is 0.843. The third-order valence-corrected chi connectivity index (χ3v) is 3.44. The number of rotatable bonds is 2. The summed E-state index contributed by atoms with van der Waals surface area (Å²) < 4.78 is 0. The van der Waals surface area contributed by atoms with Gasteiger partial charge < -0.3 is 10.2 Å². The number of amides is 1. The Labute approximate surface area is 103 Å². The molecule has 1 aliphatic rings. The topological polar surface area (TPSA) is 32.3 Å². The number of piperidine rings is 1. The summed E-state index contributed by atoms with van der Waals surface area (Å²) in [5.41, 5.74) is 1.93. The van der Waals surface area contributed by atoms with Crippen LogP contribution in [0.4, 0.5) is 0 Å². The molecule has 0 bridgehead atoms. The van der Waals surface area contributed by atoms with Crippen LogP contribution in [0.3, 0.4) is 0 Å². The van der Waals surface area contributed by atoms with Crippen molar-refractivity contribution in [1.82, 2.24) is 10.2 Å². The van der Waals surface area contributed by atoms with Crippen molar-refractivity contribution in [2.75, 3.05) is 20.1 Å². The fourth-order valence-corrected chi connectivity index (χ4v) is 2.34. The van der Waals surface area contributed by atoms with Gasteiger partial charge in [0.05, 0.1) is 0 Å². The first-order chi connectivity index (χ1) is 8.18. The van der Waals surface area contributed by atoms with E-state index >= 15 is 0 Å². The molecule has 17 heavy (non-hydrogen) atoms. The van der Waals surface area contributed by atoms with Gasteiger partial charge in [-0.15, -0.1) is 0 Å². The van der Waals surface area contributed by atoms with Gasteiger partial charge in [0.1, 0.15) is 0 Å². The summed E-state index contributed by atoms with van der Waals surface area (Å²) in [6.45, 7) is 4.04. The highest BCUT2D eigenvalue weighted by molar-refractivity contribution is 5.94. The Kier molecular flexibility index (Phi) is 3.79. The fourth-order valence-electron chi connectivity index (χ4n) is 2.34. The fraction of sp³-hybridized carbons (Fsp3) is 0.500. The first-order valence-electron chi connectivity index (χ1n) is 6.23. The predicted octanol–water partition coefficient (Wildman–Crippen LogP) is 1.82. The summed E-state index contributed by atoms with van der Waals surface area (Å²) in [5, 5.41) is 3.32. The molecule has 1 fully saturated rings. The van der Waals surface area contributed by atoms with Crippen LogP contribution in [0.5, 0.6) is 0 Å². The zero-order valence-electron chi connectivity index (χ0n) is 10.6. The third-order valence-electron chi connectivity index (χ3n) is 3.44. The van der Waals surface area contributed by atoms with Gasteiger partial charge in [0, 0.05) is 18.7 Å². The van der Waals surface area contributed by atoms with Gasteiger partial charge in [-0.25, -0.2) is 0 Å². The van der Waals surface area contributed by atoms with Crippen LogP contribution in [0.2, 0.25) is 0 Å². The second-order valence-corrected chi connectivity index (χ2v) is 4.77. The maximum Gasteiger partial charge on any atom is 0.253 e. The summed E-state index contributed by atoms with van der Waals surface area (Å²) in [4.78, 5) is 14.2. The highest BCUT2D eigenvalue weighted by Crippen LogP contribution is 2.14. The van der Waals surface area contributed by atoms with Gasteiger partial charge >= 0.3 is 0 Å². The molecular formula is C14H20N2O. The average molecular weight is 232 g/mol. The summed E-state index contributed by atoms with van der Waals surface area (Å²) in [5.74, 6) is 0.139. The summed E-state index contributed by atoms with van der Waals surface area (Å²) in [6.07, 6.45) is 2.10. The van der Waals surface area contributed by atoms with E-state index in [0.29, 0.717) is 6.04 Å². The molecule has 1 saturated heterocycles. The molecule has 1 heterocycles. The Morgan fingerprint density at radius 2 is 2.06 bits per heavy atom. The Hall–Kier alpha value is -1.35. The van der Waals surface area contributed by atoms with Crippen LogP contribution in [0.25, 0.3) is 0 Å². The molecular weight excluding hydrogens is 212 g/mol. The van der Waals surface area contributed by atoms with E-state index in [0.717, 1.165) is 37.1 Å². The molecule has 3 heteroatoms. The number of nitrogens with zero attached hydrogens (tertiary/aromatic N) is 1. The normalized spacial score (nSPS) is 16.8. The lowest BCUT2D eigenvalue weighted by atomic mass is 10.0. The van der Waals surface area contributed by atoms with E-state index < -0.39 is 0 Å². The molecule has 1 aromatic carbocycles. The van der Waals surface area contributed by atoms with E-state index in [9.17, 15) is 4.79 Å². The minimum Gasteiger partial charge on any atom is -0.339 e. The molecule has 1 N–H and O–H groups in total. The van der Waals surface area contributed by atoms with Crippen molar-refractivity contribution in [3.8, 4) is 0 Å². The van der Waals surface area contributed by atoms with Crippen LogP contribution < -0.4 is 5.32 Å². The lowest BCUT2D eigenvalue weighted by Gasteiger charge is -2.31. The van der Waals surface area contributed by atoms with Crippen molar-refractivity contribution in [3.05, 3.63) is 35.4 Å². The second-order valence-electron chi connectivity index (χ2n) is 4.77. The number of aryl methyl sites for hydroxylation is 1. The Balaban J connectivity index is 2.08. The highest BCUT2D eigenvalue weighted by Gasteiger charge is 2.22. The van der Waals surface area contributed by atoms with E-state index in [1.807, 2.05) is 43.1 Å². The summed E-state index contributed by atoms with van der Waals surface area (Å²) in [7, 11) is 1.92. The monoisotopic (exact) mass is 232 g/mol. The van der Waals surface area contributed by atoms with Crippen LogP contribution in [0, 0.1) is 6.92 Å². The smallest absolute Gasteiger partial charge is 0.253 e. The minimum atomic E-state index is 0.139. The number of hydrogen-bond acceptors (Lipinski definition) is 2. The zero-order valence-corrected chi connectivity index (χ0v) is 10.6. The lowest BCUT2D eigenvalue weighted by Crippen LogP contribution is -2.43. The van der Waals surface area contributed by atoms with Crippen LogP contribution >= 0.6 is 0 Å². The number of nitrogens with one attached hydrogen (secondary N) is 1. The zero-order chi connectivity index (χ0) is 12.3. The molecule has 1 aromatic rings. The van der Waals surface area contributed by atoms with Gasteiger partial charge in [0.2, 0.25) is 0 Å².